The van der Waals surface area contributed by atoms with Gasteiger partial charge in [0.1, 0.15) is 101 Å². The lowest BCUT2D eigenvalue weighted by Crippen LogP contribution is -2.14. The van der Waals surface area contributed by atoms with Crippen molar-refractivity contribution in [3.8, 4) is 23.0 Å². The number of phenols is 1. The van der Waals surface area contributed by atoms with Crippen LogP contribution in [0, 0.1) is 41.5 Å². The van der Waals surface area contributed by atoms with E-state index in [0.717, 1.165) is 156 Å². The molecule has 13 rings (SSSR count). The number of hydrogen-bond donors (Lipinski definition) is 3. The number of alkyl halides is 2. The summed E-state index contributed by atoms with van der Waals surface area (Å²) in [4.78, 5) is 95.2. The van der Waals surface area contributed by atoms with Gasteiger partial charge in [-0.05, 0) is 251 Å². The smallest absolute Gasteiger partial charge is 0.305 e. The predicted octanol–water partition coefficient (Wildman–Crippen LogP) is 23.9. The van der Waals surface area contributed by atoms with Gasteiger partial charge in [-0.1, -0.05) is 283 Å². The first-order valence-corrected chi connectivity index (χ1v) is 48.1. The minimum absolute atomic E-state index is 0.137. The maximum atomic E-state index is 11.3. The number of carboxylic acids is 1. The number of aliphatic carboxylic acids is 1. The monoisotopic (exact) mass is 2050 g/mol. The average molecular weight is 2050 g/mol. The van der Waals surface area contributed by atoms with Crippen LogP contribution in [0.4, 0.5) is 5.69 Å². The maximum Gasteiger partial charge on any atom is 0.305 e. The molecule has 142 heavy (non-hydrogen) atoms. The van der Waals surface area contributed by atoms with Crippen molar-refractivity contribution in [3.63, 3.8) is 0 Å². The first-order valence-electron chi connectivity index (χ1n) is 45.8. The fourth-order valence-corrected chi connectivity index (χ4v) is 14.4. The largest absolute Gasteiger partial charge is 0.508 e. The molecule has 0 bridgehead atoms. The van der Waals surface area contributed by atoms with Crippen molar-refractivity contribution in [2.45, 2.75) is 113 Å². The van der Waals surface area contributed by atoms with Crippen molar-refractivity contribution in [3.05, 3.63) is 432 Å². The Morgan fingerprint density at radius 1 is 0.310 bits per heavy atom. The lowest BCUT2D eigenvalue weighted by atomic mass is 10.0. The van der Waals surface area contributed by atoms with E-state index in [1.54, 1.807) is 57.5 Å². The molecule has 0 spiro atoms. The highest BCUT2D eigenvalue weighted by atomic mass is 79.9. The Morgan fingerprint density at radius 3 is 0.817 bits per heavy atom. The second kappa shape index (κ2) is 66.4. The number of rotatable bonds is 38. The van der Waals surface area contributed by atoms with Gasteiger partial charge in [0, 0.05) is 74.8 Å². The maximum absolute atomic E-state index is 11.3. The van der Waals surface area contributed by atoms with Crippen LogP contribution in [-0.2, 0) is 88.2 Å². The Morgan fingerprint density at radius 2 is 0.556 bits per heavy atom. The van der Waals surface area contributed by atoms with Crippen LogP contribution in [0.5, 0.6) is 23.0 Å². The number of ketones is 2. The molecular formula is C117H127Br2N5O18. The number of aromatic hydroxyl groups is 1. The van der Waals surface area contributed by atoms with Gasteiger partial charge in [-0.15, -0.1) is 0 Å². The molecule has 0 heterocycles. The second-order valence-electron chi connectivity index (χ2n) is 32.0. The van der Waals surface area contributed by atoms with E-state index < -0.39 is 5.97 Å². The molecule has 0 saturated carbocycles. The van der Waals surface area contributed by atoms with Crippen LogP contribution in [0.15, 0.2) is 336 Å². The Bertz CT molecular complexity index is 6150. The first kappa shape index (κ1) is 116. The summed E-state index contributed by atoms with van der Waals surface area (Å²) in [7, 11) is 8.96. The Kier molecular flexibility index (Phi) is 54.0. The van der Waals surface area contributed by atoms with Gasteiger partial charge >= 0.3 is 17.9 Å². The van der Waals surface area contributed by atoms with E-state index in [2.05, 4.69) is 131 Å². The number of phenolic OH excluding ortho intramolecular Hbond substituents is 1. The number of nitrogens with zero attached hydrogens (tertiary/aromatic N) is 4. The number of hydrogen-bond acceptors (Lipinski definition) is 22. The molecule has 0 saturated heterocycles. The molecule has 25 heteroatoms. The van der Waals surface area contributed by atoms with Crippen molar-refractivity contribution in [2.24, 2.45) is 20.6 Å². The molecular weight excluding hydrogens is 1920 g/mol. The number of ether oxygens (including phenoxy) is 5. The SMILES string of the molecule is CC(=O)c1ccccc1C.CO/N=C(\CBr)c1ccccc1C.CO/N=C(\COc1ccc(C=O)cc1)c1ccccc1C.CO/N=C(\COc1ccc(CCc2ccc(CCC(=O)O)cc2)cc1)c1ccccc1C.CO/N=C(\COc1ccc(CCc2ccc(CCC(=O)OC)cc2)cc1)c1ccccc1C.COC(=O)CCc1ccc(N)cc1.Cc1ccccc1C(=O)CBr.O=Cc1ccc(O)cc1. The average Bonchev–Trinajstić information content (AvgIpc) is 0.846. The Hall–Kier alpha value is -15.2. The zero-order valence-electron chi connectivity index (χ0n) is 82.8. The zero-order valence-corrected chi connectivity index (χ0v) is 86.0. The van der Waals surface area contributed by atoms with Crippen molar-refractivity contribution in [1.29, 1.82) is 0 Å². The van der Waals surface area contributed by atoms with E-state index in [9.17, 15) is 33.6 Å². The van der Waals surface area contributed by atoms with Crippen LogP contribution in [0.2, 0.25) is 0 Å². The number of nitrogens with two attached hydrogens (primary N) is 1. The highest BCUT2D eigenvalue weighted by Crippen LogP contribution is 2.23. The fraction of sp³-hybridized carbons (Fsp3) is 0.239. The lowest BCUT2D eigenvalue weighted by Gasteiger charge is -2.11. The molecule has 13 aromatic carbocycles. The van der Waals surface area contributed by atoms with E-state index in [4.69, 9.17) is 54.2 Å². The summed E-state index contributed by atoms with van der Waals surface area (Å²) in [5.74, 6) is 1.60. The van der Waals surface area contributed by atoms with Crippen molar-refractivity contribution < 1.29 is 86.8 Å². The summed E-state index contributed by atoms with van der Waals surface area (Å²) in [6, 6.07) is 101. The van der Waals surface area contributed by atoms with Crippen molar-refractivity contribution in [2.75, 3.05) is 78.9 Å². The summed E-state index contributed by atoms with van der Waals surface area (Å²) in [6.07, 6.45) is 8.25. The number of esters is 2. The van der Waals surface area contributed by atoms with Crippen LogP contribution in [0.25, 0.3) is 0 Å². The number of carbonyl (C=O) groups is 7. The number of carboxylic acid groups (broad SMARTS) is 1. The summed E-state index contributed by atoms with van der Waals surface area (Å²) in [5, 5.41) is 34.9. The normalized spacial score (nSPS) is 10.7. The highest BCUT2D eigenvalue weighted by Gasteiger charge is 2.15. The third-order valence-corrected chi connectivity index (χ3v) is 22.7. The molecule has 23 nitrogen and oxygen atoms in total. The minimum Gasteiger partial charge on any atom is -0.508 e. The van der Waals surface area contributed by atoms with Gasteiger partial charge in [-0.3, -0.25) is 33.6 Å². The number of nitrogen functional groups attached to an aromatic ring is 1. The van der Waals surface area contributed by atoms with E-state index in [0.29, 0.717) is 79.5 Å². The lowest BCUT2D eigenvalue weighted by molar-refractivity contribution is -0.141. The molecule has 0 radical (unpaired) electrons. The van der Waals surface area contributed by atoms with Crippen LogP contribution < -0.4 is 19.9 Å². The number of benzene rings is 13. The molecule has 0 fully saturated rings. The van der Waals surface area contributed by atoms with Crippen LogP contribution >= 0.6 is 31.9 Å². The molecule has 742 valence electrons. The van der Waals surface area contributed by atoms with Gasteiger partial charge in [0.15, 0.2) is 11.6 Å². The number of carbonyl (C=O) groups excluding carboxylic acids is 6. The minimum atomic E-state index is -0.765. The number of anilines is 1. The molecule has 0 aliphatic carbocycles. The quantitative estimate of drug-likeness (QED) is 0.00615. The van der Waals surface area contributed by atoms with Gasteiger partial charge in [0.25, 0.3) is 0 Å². The van der Waals surface area contributed by atoms with Crippen molar-refractivity contribution >= 4 is 102 Å². The number of Topliss-reactive ketones (excluding diaryl/α,β-unsaturated/α-hetero) is 2. The number of aldehydes is 2. The molecule has 0 aromatic heterocycles. The molecule has 0 unspecified atom stereocenters. The van der Waals surface area contributed by atoms with Crippen LogP contribution in [-0.4, -0.2) is 148 Å². The van der Waals surface area contributed by atoms with E-state index in [-0.39, 0.29) is 35.7 Å². The van der Waals surface area contributed by atoms with Gasteiger partial charge in [-0.25, -0.2) is 0 Å². The van der Waals surface area contributed by atoms with Crippen LogP contribution in [0.3, 0.4) is 0 Å². The van der Waals surface area contributed by atoms with Gasteiger partial charge in [0.2, 0.25) is 0 Å². The van der Waals surface area contributed by atoms with Gasteiger partial charge in [0.05, 0.1) is 25.3 Å². The summed E-state index contributed by atoms with van der Waals surface area (Å²) in [5.41, 5.74) is 31.3. The molecule has 0 aliphatic heterocycles. The van der Waals surface area contributed by atoms with Crippen LogP contribution in [0.1, 0.15) is 162 Å². The van der Waals surface area contributed by atoms with E-state index in [1.165, 1.54) is 68.4 Å². The highest BCUT2D eigenvalue weighted by molar-refractivity contribution is 9.09. The number of aryl methyl sites for hydroxylation is 13. The second-order valence-corrected chi connectivity index (χ2v) is 33.1. The number of halogens is 2. The van der Waals surface area contributed by atoms with E-state index >= 15 is 0 Å². The topological polar surface area (TPSA) is 318 Å². The number of methoxy groups -OCH3 is 2. The summed E-state index contributed by atoms with van der Waals surface area (Å²) < 4.78 is 26.8. The standard InChI is InChI=1S/C28H31NO4.C27H29NO4.C17H17NO3.C10H12BrNO.C10H13NO2.C9H9BrO.C9H10O.C7H6O2/c1-21-6-4-5-7-26(21)27(29-32-3)20-33-25-17-14-24(15-18-25)13-10-22-8-11-23(12-9-22)16-19-28(30)31-2;1-20-5-3-4-6-25(20)26(28-31-2)19-32-24-16-13-23(14-17-24)12-9-21-7-10-22(11-8-21)15-18-27(29)30;1-13-5-3-4-6-16(13)17(18-20-2)12-21-15-9-7-14(11-19)8-10-15;1-8-5-3-4-6-9(8)10(7-11)12-13-2;1-13-10(12)7-4-8-2-5-9(11)6-3-8;1-7-4-2-3-5-8(7)9(11)6-10;1-7-5-3-4-6-9(7)8(2)10;8-5-6-1-3-7(9)4-2-6/h4-9,11-12,14-15,17-18H,10,13,16,19-20H2,1-3H3;3-8,10-11,13-14,16-17H,9,12,15,18-19H2,1-2H3,(H,29,30);3-11H,12H2,1-2H3;3-6H,7H2,1-2H3;2-3,5-6H,4,7,11H2,1H3;2-5H,6H2,1H3;3-6H,1-2H3;1-5,9H/b29-27+;28-26+;18-17+;12-10+;;;;. The zero-order chi connectivity index (χ0) is 103. The Balaban J connectivity index is 0.000000261. The predicted molar refractivity (Wildman–Crippen MR) is 573 cm³/mol. The third-order valence-electron chi connectivity index (χ3n) is 21.6. The molecule has 0 atom stereocenters. The van der Waals surface area contributed by atoms with Gasteiger partial charge < -0.3 is 59.0 Å². The van der Waals surface area contributed by atoms with E-state index in [1.807, 2.05) is 235 Å². The number of oxime groups is 4. The molecule has 4 N–H and O–H groups in total. The molecule has 0 aliphatic rings. The summed E-state index contributed by atoms with van der Waals surface area (Å²) >= 11 is 6.51. The van der Waals surface area contributed by atoms with Crippen molar-refractivity contribution in [1.82, 2.24) is 0 Å². The molecule has 0 amide bonds. The fourth-order valence-electron chi connectivity index (χ4n) is 13.7. The summed E-state index contributed by atoms with van der Waals surface area (Å²) in [6.45, 7) is 14.6. The Labute approximate surface area is 851 Å². The molecule has 13 aromatic rings. The third kappa shape index (κ3) is 43.9. The first-order chi connectivity index (χ1) is 68.7. The van der Waals surface area contributed by atoms with Gasteiger partial charge in [-0.2, -0.15) is 0 Å².